The molecule has 0 aliphatic carbocycles. The zero-order chi connectivity index (χ0) is 24.2. The number of aryl methyl sites for hydroxylation is 2. The molecule has 10 heteroatoms. The highest BCUT2D eigenvalue weighted by atomic mass is 32.2. The molecule has 0 atom stereocenters. The SMILES string of the molecule is COc1ncc(NC(=O)c2ccc(NC(C)=O)cc2)cc1S(=O)(=O)Nc1c(C)cccc1C. The molecule has 9 nitrogen and oxygen atoms in total. The first-order chi connectivity index (χ1) is 15.6. The number of amides is 2. The lowest BCUT2D eigenvalue weighted by Gasteiger charge is -2.15. The number of methoxy groups -OCH3 is 1. The van der Waals surface area contributed by atoms with Crippen molar-refractivity contribution in [1.82, 2.24) is 4.98 Å². The molecule has 172 valence electrons. The lowest BCUT2D eigenvalue weighted by atomic mass is 10.1. The third-order valence-corrected chi connectivity index (χ3v) is 6.09. The molecule has 0 aliphatic rings. The summed E-state index contributed by atoms with van der Waals surface area (Å²) in [6, 6.07) is 13.0. The zero-order valence-electron chi connectivity index (χ0n) is 18.6. The first kappa shape index (κ1) is 23.7. The molecule has 2 amide bonds. The van der Waals surface area contributed by atoms with E-state index in [-0.39, 0.29) is 22.4 Å². The first-order valence-corrected chi connectivity index (χ1v) is 11.4. The van der Waals surface area contributed by atoms with Crippen LogP contribution in [0.25, 0.3) is 0 Å². The summed E-state index contributed by atoms with van der Waals surface area (Å²) in [5.41, 5.74) is 3.03. The summed E-state index contributed by atoms with van der Waals surface area (Å²) in [7, 11) is -2.76. The van der Waals surface area contributed by atoms with E-state index in [4.69, 9.17) is 4.74 Å². The molecule has 0 fully saturated rings. The number of nitrogens with one attached hydrogen (secondary N) is 3. The summed E-state index contributed by atoms with van der Waals surface area (Å²) in [4.78, 5) is 27.6. The normalized spacial score (nSPS) is 10.9. The lowest BCUT2D eigenvalue weighted by molar-refractivity contribution is -0.114. The molecule has 3 aromatic rings. The number of anilines is 3. The van der Waals surface area contributed by atoms with E-state index in [1.807, 2.05) is 6.07 Å². The lowest BCUT2D eigenvalue weighted by Crippen LogP contribution is -2.18. The predicted octanol–water partition coefficient (Wildman–Crippen LogP) is 3.72. The van der Waals surface area contributed by atoms with Gasteiger partial charge in [0.2, 0.25) is 11.8 Å². The number of ether oxygens (including phenoxy) is 1. The Morgan fingerprint density at radius 1 is 0.939 bits per heavy atom. The highest BCUT2D eigenvalue weighted by Gasteiger charge is 2.23. The maximum absolute atomic E-state index is 13.1. The van der Waals surface area contributed by atoms with Crippen LogP contribution in [-0.2, 0) is 14.8 Å². The first-order valence-electron chi connectivity index (χ1n) is 9.93. The van der Waals surface area contributed by atoms with Crippen LogP contribution in [0.5, 0.6) is 5.88 Å². The van der Waals surface area contributed by atoms with Crippen LogP contribution in [0.4, 0.5) is 17.1 Å². The standard InChI is InChI=1S/C23H24N4O5S/c1-14-6-5-7-15(2)21(14)27-33(30,31)20-12-19(13-24-23(20)32-4)26-22(29)17-8-10-18(11-9-17)25-16(3)28/h5-13,27H,1-4H3,(H,25,28)(H,26,29). The van der Waals surface area contributed by atoms with E-state index in [0.717, 1.165) is 11.1 Å². The van der Waals surface area contributed by atoms with Gasteiger partial charge in [0.15, 0.2) is 4.90 Å². The predicted molar refractivity (Wildman–Crippen MR) is 126 cm³/mol. The molecular formula is C23H24N4O5S. The molecule has 3 N–H and O–H groups in total. The summed E-state index contributed by atoms with van der Waals surface area (Å²) in [5.74, 6) is -0.798. The summed E-state index contributed by atoms with van der Waals surface area (Å²) in [6.45, 7) is 4.99. The van der Waals surface area contributed by atoms with Crippen molar-refractivity contribution >= 4 is 38.9 Å². The molecule has 2 aromatic carbocycles. The number of hydrogen-bond acceptors (Lipinski definition) is 6. The van der Waals surface area contributed by atoms with Crippen LogP contribution in [0, 0.1) is 13.8 Å². The van der Waals surface area contributed by atoms with Gasteiger partial charge < -0.3 is 15.4 Å². The number of nitrogens with zero attached hydrogens (tertiary/aromatic N) is 1. The molecule has 0 unspecified atom stereocenters. The number of sulfonamides is 1. The van der Waals surface area contributed by atoms with E-state index >= 15 is 0 Å². The molecule has 0 bridgehead atoms. The maximum Gasteiger partial charge on any atom is 0.267 e. The average molecular weight is 469 g/mol. The Labute approximate surface area is 192 Å². The van der Waals surface area contributed by atoms with Gasteiger partial charge in [-0.15, -0.1) is 0 Å². The van der Waals surface area contributed by atoms with Crippen LogP contribution in [-0.4, -0.2) is 32.3 Å². The molecule has 0 aliphatic heterocycles. The number of carbonyl (C=O) groups excluding carboxylic acids is 2. The molecular weight excluding hydrogens is 444 g/mol. The minimum atomic E-state index is -4.07. The smallest absolute Gasteiger partial charge is 0.267 e. The number of aromatic nitrogens is 1. The monoisotopic (exact) mass is 468 g/mol. The topological polar surface area (TPSA) is 126 Å². The van der Waals surface area contributed by atoms with Gasteiger partial charge in [0, 0.05) is 18.2 Å². The number of hydrogen-bond donors (Lipinski definition) is 3. The maximum atomic E-state index is 13.1. The zero-order valence-corrected chi connectivity index (χ0v) is 19.4. The summed E-state index contributed by atoms with van der Waals surface area (Å²) < 4.78 is 34.0. The van der Waals surface area contributed by atoms with Crippen LogP contribution in [0.1, 0.15) is 28.4 Å². The van der Waals surface area contributed by atoms with Gasteiger partial charge in [-0.3, -0.25) is 14.3 Å². The van der Waals surface area contributed by atoms with Crippen molar-refractivity contribution in [3.05, 3.63) is 71.4 Å². The van der Waals surface area contributed by atoms with Crippen LogP contribution in [0.3, 0.4) is 0 Å². The van der Waals surface area contributed by atoms with Crippen molar-refractivity contribution in [2.45, 2.75) is 25.7 Å². The molecule has 33 heavy (non-hydrogen) atoms. The summed E-state index contributed by atoms with van der Waals surface area (Å²) in [6.07, 6.45) is 1.31. The van der Waals surface area contributed by atoms with Gasteiger partial charge in [-0.2, -0.15) is 0 Å². The Balaban J connectivity index is 1.87. The van der Waals surface area contributed by atoms with Gasteiger partial charge in [0.25, 0.3) is 15.9 Å². The average Bonchev–Trinajstić information content (AvgIpc) is 2.76. The second kappa shape index (κ2) is 9.70. The molecule has 0 saturated carbocycles. The fourth-order valence-electron chi connectivity index (χ4n) is 3.12. The van der Waals surface area contributed by atoms with Crippen molar-refractivity contribution in [3.63, 3.8) is 0 Å². The Bertz CT molecular complexity index is 1280. The second-order valence-electron chi connectivity index (χ2n) is 7.32. The number of pyridine rings is 1. The van der Waals surface area contributed by atoms with Gasteiger partial charge in [-0.25, -0.2) is 13.4 Å². The molecule has 1 heterocycles. The van der Waals surface area contributed by atoms with Crippen molar-refractivity contribution in [3.8, 4) is 5.88 Å². The van der Waals surface area contributed by atoms with E-state index in [9.17, 15) is 18.0 Å². The number of rotatable bonds is 7. The Kier molecular flexibility index (Phi) is 6.98. The Hall–Kier alpha value is -3.92. The largest absolute Gasteiger partial charge is 0.480 e. The van der Waals surface area contributed by atoms with Crippen molar-refractivity contribution in [2.75, 3.05) is 22.5 Å². The van der Waals surface area contributed by atoms with Crippen LogP contribution < -0.4 is 20.1 Å². The van der Waals surface area contributed by atoms with E-state index < -0.39 is 15.9 Å². The highest BCUT2D eigenvalue weighted by Crippen LogP contribution is 2.29. The third kappa shape index (κ3) is 5.66. The van der Waals surface area contributed by atoms with E-state index in [1.54, 1.807) is 38.1 Å². The number of benzene rings is 2. The molecule has 0 radical (unpaired) electrons. The van der Waals surface area contributed by atoms with Gasteiger partial charge in [-0.1, -0.05) is 18.2 Å². The molecule has 3 rings (SSSR count). The van der Waals surface area contributed by atoms with Gasteiger partial charge in [0.1, 0.15) is 0 Å². The van der Waals surface area contributed by atoms with Crippen LogP contribution in [0.15, 0.2) is 59.6 Å². The minimum absolute atomic E-state index is 0.105. The van der Waals surface area contributed by atoms with Crippen molar-refractivity contribution in [1.29, 1.82) is 0 Å². The summed E-state index contributed by atoms with van der Waals surface area (Å²) in [5, 5.41) is 5.25. The van der Waals surface area contributed by atoms with E-state index in [0.29, 0.717) is 16.9 Å². The number of carbonyl (C=O) groups is 2. The summed E-state index contributed by atoms with van der Waals surface area (Å²) >= 11 is 0. The van der Waals surface area contributed by atoms with Gasteiger partial charge in [0.05, 0.1) is 24.7 Å². The second-order valence-corrected chi connectivity index (χ2v) is 8.97. The van der Waals surface area contributed by atoms with E-state index in [2.05, 4.69) is 20.3 Å². The minimum Gasteiger partial charge on any atom is -0.480 e. The molecule has 0 saturated heterocycles. The quantitative estimate of drug-likeness (QED) is 0.485. The fraction of sp³-hybridized carbons (Fsp3) is 0.174. The Morgan fingerprint density at radius 2 is 1.58 bits per heavy atom. The molecule has 1 aromatic heterocycles. The van der Waals surface area contributed by atoms with Gasteiger partial charge >= 0.3 is 0 Å². The highest BCUT2D eigenvalue weighted by molar-refractivity contribution is 7.92. The molecule has 0 spiro atoms. The van der Waals surface area contributed by atoms with Crippen LogP contribution >= 0.6 is 0 Å². The third-order valence-electron chi connectivity index (χ3n) is 4.74. The van der Waals surface area contributed by atoms with Gasteiger partial charge in [-0.05, 0) is 55.3 Å². The van der Waals surface area contributed by atoms with E-state index in [1.165, 1.54) is 38.4 Å². The van der Waals surface area contributed by atoms with Crippen molar-refractivity contribution < 1.29 is 22.7 Å². The van der Waals surface area contributed by atoms with Crippen molar-refractivity contribution in [2.24, 2.45) is 0 Å². The van der Waals surface area contributed by atoms with Crippen LogP contribution in [0.2, 0.25) is 0 Å². The fourth-order valence-corrected chi connectivity index (χ4v) is 4.47. The number of para-hydroxylation sites is 1. The Morgan fingerprint density at radius 3 is 2.15 bits per heavy atom.